The van der Waals surface area contributed by atoms with Crippen molar-refractivity contribution >= 4 is 34.4 Å². The highest BCUT2D eigenvalue weighted by molar-refractivity contribution is 8.04. The summed E-state index contributed by atoms with van der Waals surface area (Å²) in [5.41, 5.74) is 3.71. The predicted octanol–water partition coefficient (Wildman–Crippen LogP) is 2.39. The molecule has 3 nitrogen and oxygen atoms in total. The van der Waals surface area contributed by atoms with E-state index in [1.165, 1.54) is 32.1 Å². The Morgan fingerprint density at radius 1 is 1.11 bits per heavy atom. The molecule has 2 heterocycles. The molecular formula is C23H25IN2OS. The fraction of sp³-hybridized carbons (Fsp3) is 0.261. The van der Waals surface area contributed by atoms with Crippen LogP contribution in [-0.4, -0.2) is 12.6 Å². The van der Waals surface area contributed by atoms with Crippen LogP contribution >= 0.6 is 11.8 Å². The van der Waals surface area contributed by atoms with E-state index in [-0.39, 0.29) is 30.1 Å². The van der Waals surface area contributed by atoms with Gasteiger partial charge in [0.05, 0.1) is 27.1 Å². The molecule has 28 heavy (non-hydrogen) atoms. The Morgan fingerprint density at radius 2 is 1.89 bits per heavy atom. The SMILES string of the molecule is CCN1/C(=C/c2cc[n+](C)c3ccccc23)Sc2c(OC(C)C)cccc21.[I-]. The molecule has 1 aliphatic heterocycles. The van der Waals surface area contributed by atoms with Crippen LogP contribution in [0.5, 0.6) is 5.75 Å². The standard InChI is InChI=1S/C23H25N2OS.HI/c1-5-25-20-11-8-12-21(26-16(2)3)23(20)27-22(25)15-17-13-14-24(4)19-10-7-6-9-18(17)19;/h6-16H,5H2,1-4H3;1H/q+1;/p-1. The smallest absolute Gasteiger partial charge is 0.212 e. The zero-order valence-electron chi connectivity index (χ0n) is 16.6. The van der Waals surface area contributed by atoms with E-state index in [0.29, 0.717) is 0 Å². The molecule has 0 saturated carbocycles. The number of benzene rings is 2. The lowest BCUT2D eigenvalue weighted by Crippen LogP contribution is -3.00. The quantitative estimate of drug-likeness (QED) is 0.401. The minimum atomic E-state index is 0. The molecule has 5 heteroatoms. The molecule has 4 rings (SSSR count). The Hall–Kier alpha value is -1.73. The van der Waals surface area contributed by atoms with Gasteiger partial charge in [0.25, 0.3) is 0 Å². The number of hydrogen-bond donors (Lipinski definition) is 0. The summed E-state index contributed by atoms with van der Waals surface area (Å²) in [4.78, 5) is 3.58. The number of hydrogen-bond acceptors (Lipinski definition) is 3. The van der Waals surface area contributed by atoms with Crippen LogP contribution in [0.1, 0.15) is 26.3 Å². The third-order valence-electron chi connectivity index (χ3n) is 4.75. The summed E-state index contributed by atoms with van der Waals surface area (Å²) in [7, 11) is 2.09. The first-order valence-electron chi connectivity index (χ1n) is 9.42. The third-order valence-corrected chi connectivity index (χ3v) is 5.91. The van der Waals surface area contributed by atoms with Gasteiger partial charge in [0, 0.05) is 18.7 Å². The second kappa shape index (κ2) is 8.74. The highest BCUT2D eigenvalue weighted by Gasteiger charge is 2.27. The molecule has 1 aromatic heterocycles. The number of para-hydroxylation sites is 1. The Labute approximate surface area is 188 Å². The Kier molecular flexibility index (Phi) is 6.55. The van der Waals surface area contributed by atoms with Gasteiger partial charge in [-0.2, -0.15) is 0 Å². The van der Waals surface area contributed by atoms with Gasteiger partial charge in [-0.05, 0) is 50.6 Å². The van der Waals surface area contributed by atoms with E-state index < -0.39 is 0 Å². The molecule has 3 aromatic rings. The molecule has 0 spiro atoms. The molecule has 0 atom stereocenters. The lowest BCUT2D eigenvalue weighted by Gasteiger charge is -2.18. The molecule has 0 unspecified atom stereocenters. The fourth-order valence-electron chi connectivity index (χ4n) is 3.52. The number of pyridine rings is 1. The maximum Gasteiger partial charge on any atom is 0.212 e. The van der Waals surface area contributed by atoms with E-state index in [9.17, 15) is 0 Å². The second-order valence-corrected chi connectivity index (χ2v) is 8.03. The molecule has 0 saturated heterocycles. The van der Waals surface area contributed by atoms with E-state index in [1.807, 2.05) is 0 Å². The van der Waals surface area contributed by atoms with Crippen molar-refractivity contribution in [2.75, 3.05) is 11.4 Å². The first-order valence-corrected chi connectivity index (χ1v) is 10.2. The van der Waals surface area contributed by atoms with E-state index >= 15 is 0 Å². The number of halogens is 1. The van der Waals surface area contributed by atoms with Crippen LogP contribution in [-0.2, 0) is 7.05 Å². The van der Waals surface area contributed by atoms with Crippen molar-refractivity contribution in [3.8, 4) is 5.75 Å². The summed E-state index contributed by atoms with van der Waals surface area (Å²) in [6, 6.07) is 17.1. The Bertz CT molecular complexity index is 1030. The molecule has 2 aromatic carbocycles. The van der Waals surface area contributed by atoms with Crippen molar-refractivity contribution < 1.29 is 33.3 Å². The zero-order chi connectivity index (χ0) is 19.0. The molecular weight excluding hydrogens is 479 g/mol. The molecule has 1 aliphatic rings. The van der Waals surface area contributed by atoms with Crippen molar-refractivity contribution in [3.05, 3.63) is 65.3 Å². The van der Waals surface area contributed by atoms with E-state index in [2.05, 4.69) is 98.1 Å². The molecule has 0 aliphatic carbocycles. The molecule has 0 N–H and O–H groups in total. The van der Waals surface area contributed by atoms with Crippen LogP contribution in [0.2, 0.25) is 0 Å². The lowest BCUT2D eigenvalue weighted by atomic mass is 10.1. The van der Waals surface area contributed by atoms with Crippen molar-refractivity contribution in [2.24, 2.45) is 7.05 Å². The minimum Gasteiger partial charge on any atom is -1.00 e. The lowest BCUT2D eigenvalue weighted by molar-refractivity contribution is -0.644. The predicted molar refractivity (Wildman–Crippen MR) is 114 cm³/mol. The maximum atomic E-state index is 6.06. The third kappa shape index (κ3) is 3.87. The maximum absolute atomic E-state index is 6.06. The Balaban J connectivity index is 0.00000225. The number of aryl methyl sites for hydroxylation is 1. The van der Waals surface area contributed by atoms with Gasteiger partial charge in [-0.1, -0.05) is 30.0 Å². The number of ether oxygens (including phenoxy) is 1. The van der Waals surface area contributed by atoms with Crippen LogP contribution in [0.3, 0.4) is 0 Å². The highest BCUT2D eigenvalue weighted by Crippen LogP contribution is 2.51. The minimum absolute atomic E-state index is 0. The van der Waals surface area contributed by atoms with Crippen LogP contribution in [0.4, 0.5) is 5.69 Å². The molecule has 0 radical (unpaired) electrons. The molecule has 146 valence electrons. The molecule has 0 bridgehead atoms. The van der Waals surface area contributed by atoms with Crippen LogP contribution < -0.4 is 38.2 Å². The normalized spacial score (nSPS) is 14.5. The summed E-state index contributed by atoms with van der Waals surface area (Å²) >= 11 is 1.80. The number of nitrogens with zero attached hydrogens (tertiary/aromatic N) is 2. The van der Waals surface area contributed by atoms with Gasteiger partial charge in [-0.3, -0.25) is 0 Å². The topological polar surface area (TPSA) is 16.4 Å². The summed E-state index contributed by atoms with van der Waals surface area (Å²) in [5, 5.41) is 2.51. The van der Waals surface area contributed by atoms with E-state index in [0.717, 1.165) is 12.3 Å². The van der Waals surface area contributed by atoms with E-state index in [4.69, 9.17) is 4.74 Å². The average molecular weight is 504 g/mol. The molecule has 0 fully saturated rings. The van der Waals surface area contributed by atoms with Gasteiger partial charge in [0.15, 0.2) is 6.20 Å². The first kappa shape index (κ1) is 21.0. The number of thioether (sulfide) groups is 1. The summed E-state index contributed by atoms with van der Waals surface area (Å²) < 4.78 is 8.22. The number of rotatable bonds is 4. The first-order chi connectivity index (χ1) is 13.1. The number of fused-ring (bicyclic) bond motifs is 2. The van der Waals surface area contributed by atoms with Crippen LogP contribution in [0, 0.1) is 0 Å². The van der Waals surface area contributed by atoms with Gasteiger partial charge >= 0.3 is 0 Å². The van der Waals surface area contributed by atoms with Gasteiger partial charge in [-0.25, -0.2) is 4.57 Å². The van der Waals surface area contributed by atoms with Crippen molar-refractivity contribution in [1.29, 1.82) is 0 Å². The number of aromatic nitrogens is 1. The largest absolute Gasteiger partial charge is 1.00 e. The van der Waals surface area contributed by atoms with Crippen molar-refractivity contribution in [2.45, 2.75) is 31.8 Å². The summed E-state index contributed by atoms with van der Waals surface area (Å²) in [5.74, 6) is 0.971. The van der Waals surface area contributed by atoms with Crippen LogP contribution in [0.25, 0.3) is 17.0 Å². The van der Waals surface area contributed by atoms with E-state index in [1.54, 1.807) is 11.8 Å². The van der Waals surface area contributed by atoms with Crippen molar-refractivity contribution in [3.63, 3.8) is 0 Å². The second-order valence-electron chi connectivity index (χ2n) is 7.00. The number of anilines is 1. The highest BCUT2D eigenvalue weighted by atomic mass is 127. The summed E-state index contributed by atoms with van der Waals surface area (Å²) in [6.07, 6.45) is 4.60. The Morgan fingerprint density at radius 3 is 2.64 bits per heavy atom. The van der Waals surface area contributed by atoms with Gasteiger partial charge in [0.2, 0.25) is 5.52 Å². The summed E-state index contributed by atoms with van der Waals surface area (Å²) in [6.45, 7) is 7.27. The van der Waals surface area contributed by atoms with Gasteiger partial charge in [0.1, 0.15) is 12.8 Å². The zero-order valence-corrected chi connectivity index (χ0v) is 19.6. The average Bonchev–Trinajstić information content (AvgIpc) is 3.02. The van der Waals surface area contributed by atoms with Gasteiger partial charge < -0.3 is 33.6 Å². The molecule has 0 amide bonds. The van der Waals surface area contributed by atoms with Crippen molar-refractivity contribution in [1.82, 2.24) is 0 Å². The fourth-order valence-corrected chi connectivity index (χ4v) is 4.76. The van der Waals surface area contributed by atoms with Gasteiger partial charge in [-0.15, -0.1) is 0 Å². The monoisotopic (exact) mass is 504 g/mol. The van der Waals surface area contributed by atoms with Crippen LogP contribution in [0.15, 0.2) is 64.7 Å².